The number of rotatable bonds is 8. The SMILES string of the molecule is Cc1noc(C)c1COc1ccccc1C(=O)NCC(O)CC(C)C. The van der Waals surface area contributed by atoms with E-state index in [1.54, 1.807) is 18.2 Å². The van der Waals surface area contributed by atoms with E-state index in [-0.39, 0.29) is 19.1 Å². The van der Waals surface area contributed by atoms with Crippen LogP contribution >= 0.6 is 0 Å². The molecule has 1 aromatic carbocycles. The molecule has 6 nitrogen and oxygen atoms in total. The minimum Gasteiger partial charge on any atom is -0.488 e. The van der Waals surface area contributed by atoms with Crippen molar-refractivity contribution >= 4 is 5.91 Å². The standard InChI is InChI=1S/C19H26N2O4/c1-12(2)9-15(22)10-20-19(23)16-7-5-6-8-18(16)24-11-17-13(3)21-25-14(17)4/h5-8,12,15,22H,9-11H2,1-4H3,(H,20,23). The lowest BCUT2D eigenvalue weighted by Gasteiger charge is -2.15. The quantitative estimate of drug-likeness (QED) is 0.767. The molecule has 0 aliphatic rings. The molecular formula is C19H26N2O4. The molecule has 0 bridgehead atoms. The number of hydrogen-bond acceptors (Lipinski definition) is 5. The Morgan fingerprint density at radius 3 is 2.68 bits per heavy atom. The van der Waals surface area contributed by atoms with Gasteiger partial charge in [0.1, 0.15) is 18.1 Å². The van der Waals surface area contributed by atoms with Gasteiger partial charge in [-0.15, -0.1) is 0 Å². The van der Waals surface area contributed by atoms with Crippen molar-refractivity contribution < 1.29 is 19.2 Å². The van der Waals surface area contributed by atoms with Gasteiger partial charge < -0.3 is 19.7 Å². The summed E-state index contributed by atoms with van der Waals surface area (Å²) in [6, 6.07) is 7.04. The largest absolute Gasteiger partial charge is 0.488 e. The van der Waals surface area contributed by atoms with Crippen LogP contribution in [0.4, 0.5) is 0 Å². The molecule has 1 unspecified atom stereocenters. The Morgan fingerprint density at radius 2 is 2.04 bits per heavy atom. The van der Waals surface area contributed by atoms with Gasteiger partial charge in [0.05, 0.1) is 22.9 Å². The average molecular weight is 346 g/mol. The van der Waals surface area contributed by atoms with Crippen molar-refractivity contribution in [3.05, 3.63) is 46.8 Å². The minimum atomic E-state index is -0.556. The van der Waals surface area contributed by atoms with Crippen molar-refractivity contribution in [1.29, 1.82) is 0 Å². The van der Waals surface area contributed by atoms with Crippen LogP contribution in [0.5, 0.6) is 5.75 Å². The molecule has 2 N–H and O–H groups in total. The number of hydrogen-bond donors (Lipinski definition) is 2. The van der Waals surface area contributed by atoms with Crippen molar-refractivity contribution in [2.45, 2.75) is 46.8 Å². The molecule has 0 aliphatic heterocycles. The van der Waals surface area contributed by atoms with E-state index < -0.39 is 6.10 Å². The molecule has 0 spiro atoms. The Morgan fingerprint density at radius 1 is 1.32 bits per heavy atom. The predicted molar refractivity (Wildman–Crippen MR) is 94.5 cm³/mol. The third kappa shape index (κ3) is 5.32. The van der Waals surface area contributed by atoms with Gasteiger partial charge in [0, 0.05) is 6.54 Å². The highest BCUT2D eigenvalue weighted by molar-refractivity contribution is 5.96. The molecule has 2 aromatic rings. The molecule has 0 saturated carbocycles. The van der Waals surface area contributed by atoms with E-state index in [0.717, 1.165) is 11.3 Å². The molecule has 1 amide bonds. The van der Waals surface area contributed by atoms with Gasteiger partial charge in [-0.05, 0) is 38.3 Å². The maximum Gasteiger partial charge on any atom is 0.255 e. The van der Waals surface area contributed by atoms with Gasteiger partial charge in [-0.3, -0.25) is 4.79 Å². The molecule has 0 saturated heterocycles. The second-order valence-electron chi connectivity index (χ2n) is 6.58. The van der Waals surface area contributed by atoms with E-state index in [2.05, 4.69) is 10.5 Å². The first-order valence-corrected chi connectivity index (χ1v) is 8.48. The number of nitrogens with one attached hydrogen (secondary N) is 1. The lowest BCUT2D eigenvalue weighted by molar-refractivity contribution is 0.0896. The van der Waals surface area contributed by atoms with Gasteiger partial charge in [-0.2, -0.15) is 0 Å². The number of aryl methyl sites for hydroxylation is 2. The van der Waals surface area contributed by atoms with Crippen molar-refractivity contribution in [3.63, 3.8) is 0 Å². The van der Waals surface area contributed by atoms with Crippen LogP contribution in [-0.4, -0.2) is 28.8 Å². The van der Waals surface area contributed by atoms with E-state index in [1.807, 2.05) is 33.8 Å². The number of aliphatic hydroxyl groups excluding tert-OH is 1. The molecular weight excluding hydrogens is 320 g/mol. The van der Waals surface area contributed by atoms with Gasteiger partial charge in [0.2, 0.25) is 0 Å². The smallest absolute Gasteiger partial charge is 0.255 e. The normalized spacial score (nSPS) is 12.2. The Kier molecular flexibility index (Phi) is 6.58. The van der Waals surface area contributed by atoms with Crippen molar-refractivity contribution in [3.8, 4) is 5.75 Å². The van der Waals surface area contributed by atoms with Crippen LogP contribution in [0.2, 0.25) is 0 Å². The van der Waals surface area contributed by atoms with Crippen LogP contribution in [0, 0.1) is 19.8 Å². The van der Waals surface area contributed by atoms with Crippen LogP contribution in [0.25, 0.3) is 0 Å². The summed E-state index contributed by atoms with van der Waals surface area (Å²) >= 11 is 0. The lowest BCUT2D eigenvalue weighted by atomic mass is 10.1. The molecule has 25 heavy (non-hydrogen) atoms. The Hall–Kier alpha value is -2.34. The fourth-order valence-corrected chi connectivity index (χ4v) is 2.57. The third-order valence-electron chi connectivity index (χ3n) is 3.93. The second-order valence-corrected chi connectivity index (χ2v) is 6.58. The van der Waals surface area contributed by atoms with Gasteiger partial charge in [-0.25, -0.2) is 0 Å². The van der Waals surface area contributed by atoms with E-state index in [4.69, 9.17) is 9.26 Å². The Bertz CT molecular complexity index is 690. The molecule has 6 heteroatoms. The number of aliphatic hydroxyl groups is 1. The predicted octanol–water partition coefficient (Wildman–Crippen LogP) is 3.01. The number of carbonyl (C=O) groups excluding carboxylic acids is 1. The monoisotopic (exact) mass is 346 g/mol. The summed E-state index contributed by atoms with van der Waals surface area (Å²) in [7, 11) is 0. The average Bonchev–Trinajstić information content (AvgIpc) is 2.89. The molecule has 1 atom stereocenters. The van der Waals surface area contributed by atoms with Gasteiger partial charge >= 0.3 is 0 Å². The Balaban J connectivity index is 2.01. The number of amides is 1. The van der Waals surface area contributed by atoms with Gasteiger partial charge in [0.25, 0.3) is 5.91 Å². The number of ether oxygens (including phenoxy) is 1. The van der Waals surface area contributed by atoms with Crippen LogP contribution in [0.1, 0.15) is 47.6 Å². The zero-order chi connectivity index (χ0) is 18.4. The second kappa shape index (κ2) is 8.67. The van der Waals surface area contributed by atoms with Gasteiger partial charge in [0.15, 0.2) is 0 Å². The third-order valence-corrected chi connectivity index (χ3v) is 3.93. The molecule has 2 rings (SSSR count). The summed E-state index contributed by atoms with van der Waals surface area (Å²) < 4.78 is 10.9. The molecule has 1 aromatic heterocycles. The summed E-state index contributed by atoms with van der Waals surface area (Å²) in [5.41, 5.74) is 2.09. The van der Waals surface area contributed by atoms with E-state index in [1.165, 1.54) is 0 Å². The zero-order valence-corrected chi connectivity index (χ0v) is 15.2. The summed E-state index contributed by atoms with van der Waals surface area (Å²) in [5.74, 6) is 1.30. The molecule has 0 fully saturated rings. The number of aromatic nitrogens is 1. The maximum atomic E-state index is 12.4. The van der Waals surface area contributed by atoms with Gasteiger partial charge in [-0.1, -0.05) is 31.1 Å². The highest BCUT2D eigenvalue weighted by Gasteiger charge is 2.16. The van der Waals surface area contributed by atoms with Crippen molar-refractivity contribution in [2.75, 3.05) is 6.54 Å². The highest BCUT2D eigenvalue weighted by atomic mass is 16.5. The summed E-state index contributed by atoms with van der Waals surface area (Å²) in [4.78, 5) is 12.4. The summed E-state index contributed by atoms with van der Waals surface area (Å²) in [5, 5.41) is 16.6. The molecule has 0 radical (unpaired) electrons. The number of nitrogens with zero attached hydrogens (tertiary/aromatic N) is 1. The Labute approximate surface area is 148 Å². The summed E-state index contributed by atoms with van der Waals surface area (Å²) in [6.45, 7) is 8.24. The topological polar surface area (TPSA) is 84.6 Å². The van der Waals surface area contributed by atoms with Crippen molar-refractivity contribution in [1.82, 2.24) is 10.5 Å². The van der Waals surface area contributed by atoms with Crippen LogP contribution in [0.15, 0.2) is 28.8 Å². The minimum absolute atomic E-state index is 0.217. The number of benzene rings is 1. The first kappa shape index (κ1) is 19.0. The molecule has 0 aliphatic carbocycles. The van der Waals surface area contributed by atoms with E-state index in [9.17, 15) is 9.90 Å². The number of carbonyl (C=O) groups is 1. The highest BCUT2D eigenvalue weighted by Crippen LogP contribution is 2.21. The lowest BCUT2D eigenvalue weighted by Crippen LogP contribution is -2.33. The first-order valence-electron chi connectivity index (χ1n) is 8.48. The van der Waals surface area contributed by atoms with Crippen LogP contribution in [-0.2, 0) is 6.61 Å². The van der Waals surface area contributed by atoms with Crippen molar-refractivity contribution in [2.24, 2.45) is 5.92 Å². The van der Waals surface area contributed by atoms with Crippen LogP contribution < -0.4 is 10.1 Å². The summed E-state index contributed by atoms with van der Waals surface area (Å²) in [6.07, 6.45) is 0.0872. The molecule has 1 heterocycles. The molecule has 136 valence electrons. The van der Waals surface area contributed by atoms with E-state index in [0.29, 0.717) is 29.4 Å². The fraction of sp³-hybridized carbons (Fsp3) is 0.474. The zero-order valence-electron chi connectivity index (χ0n) is 15.2. The maximum absolute atomic E-state index is 12.4. The van der Waals surface area contributed by atoms with E-state index >= 15 is 0 Å². The van der Waals surface area contributed by atoms with Crippen LogP contribution in [0.3, 0.4) is 0 Å². The first-order chi connectivity index (χ1) is 11.9. The number of para-hydroxylation sites is 1. The fourth-order valence-electron chi connectivity index (χ4n) is 2.57.